The monoisotopic (exact) mass is 285 g/mol. The summed E-state index contributed by atoms with van der Waals surface area (Å²) in [5.74, 6) is -1.98. The number of likely N-dealkylation sites (tertiary alicyclic amines) is 1. The minimum atomic E-state index is -1.16. The molecule has 1 fully saturated rings. The van der Waals surface area contributed by atoms with Gasteiger partial charge in [-0.15, -0.1) is 0 Å². The molecule has 0 amide bonds. The van der Waals surface area contributed by atoms with E-state index < -0.39 is 22.2 Å². The summed E-state index contributed by atoms with van der Waals surface area (Å²) in [4.78, 5) is 12.3. The van der Waals surface area contributed by atoms with Crippen LogP contribution in [0.15, 0.2) is 12.1 Å². The summed E-state index contributed by atoms with van der Waals surface area (Å²) in [5, 5.41) is 13.7. The van der Waals surface area contributed by atoms with Gasteiger partial charge in [0.1, 0.15) is 11.5 Å². The molecule has 0 bridgehead atoms. The van der Waals surface area contributed by atoms with Crippen molar-refractivity contribution in [3.63, 3.8) is 0 Å². The molecule has 7 heteroatoms. The van der Waals surface area contributed by atoms with Crippen molar-refractivity contribution < 1.29 is 13.7 Å². The maximum atomic E-state index is 13.5. The van der Waals surface area contributed by atoms with Crippen LogP contribution in [-0.2, 0) is 0 Å². The highest BCUT2D eigenvalue weighted by Crippen LogP contribution is 2.29. The quantitative estimate of drug-likeness (QED) is 0.667. The van der Waals surface area contributed by atoms with Gasteiger partial charge in [-0.25, -0.2) is 4.39 Å². The molecule has 110 valence electrons. The van der Waals surface area contributed by atoms with E-state index in [2.05, 4.69) is 10.2 Å². The van der Waals surface area contributed by atoms with Crippen molar-refractivity contribution in [1.29, 1.82) is 0 Å². The van der Waals surface area contributed by atoms with Crippen LogP contribution in [0.3, 0.4) is 0 Å². The van der Waals surface area contributed by atoms with Crippen molar-refractivity contribution in [2.45, 2.75) is 25.8 Å². The van der Waals surface area contributed by atoms with Crippen LogP contribution in [0, 0.1) is 21.7 Å². The zero-order valence-corrected chi connectivity index (χ0v) is 11.2. The fourth-order valence-electron chi connectivity index (χ4n) is 2.66. The minimum Gasteiger partial charge on any atom is -0.378 e. The largest absolute Gasteiger partial charge is 0.378 e. The van der Waals surface area contributed by atoms with E-state index in [0.717, 1.165) is 32.0 Å². The van der Waals surface area contributed by atoms with Gasteiger partial charge >= 0.3 is 5.69 Å². The molecule has 1 saturated heterocycles. The first-order valence-electron chi connectivity index (χ1n) is 6.64. The Morgan fingerprint density at radius 2 is 2.25 bits per heavy atom. The van der Waals surface area contributed by atoms with Gasteiger partial charge in [0.2, 0.25) is 5.82 Å². The van der Waals surface area contributed by atoms with Crippen LogP contribution >= 0.6 is 0 Å². The Labute approximate surface area is 115 Å². The van der Waals surface area contributed by atoms with E-state index in [1.165, 1.54) is 0 Å². The van der Waals surface area contributed by atoms with Gasteiger partial charge in [0.05, 0.1) is 4.92 Å². The number of nitro benzene ring substituents is 1. The summed E-state index contributed by atoms with van der Waals surface area (Å²) in [6.07, 6.45) is 2.05. The molecule has 1 atom stereocenters. The molecule has 1 aromatic rings. The molecule has 1 aliphatic rings. The number of hydrogen-bond acceptors (Lipinski definition) is 4. The molecule has 0 spiro atoms. The van der Waals surface area contributed by atoms with Crippen molar-refractivity contribution >= 4 is 11.4 Å². The predicted octanol–water partition coefficient (Wildman–Crippen LogP) is 2.77. The first kappa shape index (κ1) is 14.6. The van der Waals surface area contributed by atoms with Crippen molar-refractivity contribution in [2.24, 2.45) is 0 Å². The summed E-state index contributed by atoms with van der Waals surface area (Å²) >= 11 is 0. The van der Waals surface area contributed by atoms with Gasteiger partial charge < -0.3 is 5.32 Å². The van der Waals surface area contributed by atoms with Crippen molar-refractivity contribution in [3.8, 4) is 0 Å². The van der Waals surface area contributed by atoms with E-state index in [1.807, 2.05) is 6.92 Å². The second-order valence-corrected chi connectivity index (χ2v) is 4.85. The molecule has 5 nitrogen and oxygen atoms in total. The van der Waals surface area contributed by atoms with E-state index in [-0.39, 0.29) is 11.7 Å². The SMILES string of the molecule is CCN1CCCC1CNc1cc(F)cc(F)c1[N+](=O)[O-]. The summed E-state index contributed by atoms with van der Waals surface area (Å²) in [5.41, 5.74) is -0.803. The number of likely N-dealkylation sites (N-methyl/N-ethyl adjacent to an activating group) is 1. The van der Waals surface area contributed by atoms with Gasteiger partial charge in [-0.05, 0) is 25.9 Å². The average molecular weight is 285 g/mol. The normalized spacial score (nSPS) is 19.2. The van der Waals surface area contributed by atoms with Crippen molar-refractivity contribution in [2.75, 3.05) is 25.0 Å². The summed E-state index contributed by atoms with van der Waals surface area (Å²) in [6, 6.07) is 1.73. The highest BCUT2D eigenvalue weighted by molar-refractivity contribution is 5.62. The summed E-state index contributed by atoms with van der Waals surface area (Å²) < 4.78 is 26.7. The van der Waals surface area contributed by atoms with Gasteiger partial charge in [-0.2, -0.15) is 4.39 Å². The van der Waals surface area contributed by atoms with Gasteiger partial charge in [-0.3, -0.25) is 15.0 Å². The highest BCUT2D eigenvalue weighted by atomic mass is 19.1. The van der Waals surface area contributed by atoms with Gasteiger partial charge in [-0.1, -0.05) is 6.92 Å². The van der Waals surface area contributed by atoms with E-state index in [0.29, 0.717) is 12.6 Å². The molecule has 0 saturated carbocycles. The van der Waals surface area contributed by atoms with Gasteiger partial charge in [0, 0.05) is 24.7 Å². The Kier molecular flexibility index (Phi) is 4.49. The van der Waals surface area contributed by atoms with Crippen LogP contribution in [0.1, 0.15) is 19.8 Å². The van der Waals surface area contributed by atoms with Crippen molar-refractivity contribution in [1.82, 2.24) is 4.90 Å². The minimum absolute atomic E-state index is 0.101. The first-order chi connectivity index (χ1) is 9.52. The Morgan fingerprint density at radius 1 is 1.50 bits per heavy atom. The van der Waals surface area contributed by atoms with Crippen LogP contribution in [0.25, 0.3) is 0 Å². The van der Waals surface area contributed by atoms with E-state index in [9.17, 15) is 18.9 Å². The molecular weight excluding hydrogens is 268 g/mol. The molecule has 1 N–H and O–H groups in total. The molecule has 1 heterocycles. The molecule has 0 radical (unpaired) electrons. The molecule has 20 heavy (non-hydrogen) atoms. The Balaban J connectivity index is 2.14. The lowest BCUT2D eigenvalue weighted by molar-refractivity contribution is -0.386. The third-order valence-corrected chi connectivity index (χ3v) is 3.64. The summed E-state index contributed by atoms with van der Waals surface area (Å²) in [6.45, 7) is 4.37. The number of benzene rings is 1. The van der Waals surface area contributed by atoms with Crippen LogP contribution in [0.4, 0.5) is 20.2 Å². The average Bonchev–Trinajstić information content (AvgIpc) is 2.82. The Bertz CT molecular complexity index is 511. The lowest BCUT2D eigenvalue weighted by Crippen LogP contribution is -2.34. The Morgan fingerprint density at radius 3 is 2.90 bits per heavy atom. The number of anilines is 1. The number of nitro groups is 1. The third kappa shape index (κ3) is 3.04. The van der Waals surface area contributed by atoms with Crippen LogP contribution in [0.2, 0.25) is 0 Å². The molecule has 1 aliphatic heterocycles. The van der Waals surface area contributed by atoms with Crippen molar-refractivity contribution in [3.05, 3.63) is 33.9 Å². The molecular formula is C13H17F2N3O2. The second-order valence-electron chi connectivity index (χ2n) is 4.85. The topological polar surface area (TPSA) is 58.4 Å². The van der Waals surface area contributed by atoms with Crippen LogP contribution in [0.5, 0.6) is 0 Å². The third-order valence-electron chi connectivity index (χ3n) is 3.64. The van der Waals surface area contributed by atoms with Gasteiger partial charge in [0.25, 0.3) is 0 Å². The summed E-state index contributed by atoms with van der Waals surface area (Å²) in [7, 11) is 0. The number of hydrogen-bond donors (Lipinski definition) is 1. The number of nitrogens with zero attached hydrogens (tertiary/aromatic N) is 2. The predicted molar refractivity (Wildman–Crippen MR) is 71.8 cm³/mol. The number of nitrogens with one attached hydrogen (secondary N) is 1. The van der Waals surface area contributed by atoms with Crippen LogP contribution < -0.4 is 5.32 Å². The fraction of sp³-hybridized carbons (Fsp3) is 0.538. The highest BCUT2D eigenvalue weighted by Gasteiger charge is 2.26. The van der Waals surface area contributed by atoms with E-state index in [1.54, 1.807) is 0 Å². The fourth-order valence-corrected chi connectivity index (χ4v) is 2.66. The molecule has 0 aliphatic carbocycles. The number of rotatable bonds is 5. The maximum absolute atomic E-state index is 13.5. The zero-order chi connectivity index (χ0) is 14.7. The zero-order valence-electron chi connectivity index (χ0n) is 11.2. The maximum Gasteiger partial charge on any atom is 0.327 e. The van der Waals surface area contributed by atoms with Gasteiger partial charge in [0.15, 0.2) is 0 Å². The lowest BCUT2D eigenvalue weighted by atomic mass is 10.2. The lowest BCUT2D eigenvalue weighted by Gasteiger charge is -2.23. The second kappa shape index (κ2) is 6.13. The standard InChI is InChI=1S/C13H17F2N3O2/c1-2-17-5-3-4-10(17)8-16-12-7-9(14)6-11(15)13(12)18(19)20/h6-7,10,16H,2-5,8H2,1H3. The van der Waals surface area contributed by atoms with E-state index in [4.69, 9.17) is 0 Å². The molecule has 0 aromatic heterocycles. The molecule has 2 rings (SSSR count). The first-order valence-corrected chi connectivity index (χ1v) is 6.64. The number of halogens is 2. The molecule has 1 unspecified atom stereocenters. The smallest absolute Gasteiger partial charge is 0.327 e. The van der Waals surface area contributed by atoms with Crippen LogP contribution in [-0.4, -0.2) is 35.5 Å². The van der Waals surface area contributed by atoms with E-state index >= 15 is 0 Å². The molecule has 1 aromatic carbocycles. The Hall–Kier alpha value is -1.76.